The lowest BCUT2D eigenvalue weighted by molar-refractivity contribution is -0.0163. The van der Waals surface area contributed by atoms with E-state index in [1.807, 2.05) is 42.5 Å². The molecule has 0 radical (unpaired) electrons. The van der Waals surface area contributed by atoms with Crippen molar-refractivity contribution in [3.05, 3.63) is 93.9 Å². The van der Waals surface area contributed by atoms with Crippen molar-refractivity contribution in [2.24, 2.45) is 0 Å². The average molecular weight is 433 g/mol. The van der Waals surface area contributed by atoms with Crippen molar-refractivity contribution >= 4 is 5.91 Å². The fraction of sp³-hybridized carbons (Fsp3) is 0.308. The Hall–Kier alpha value is -3.38. The zero-order chi connectivity index (χ0) is 22.7. The Kier molecular flexibility index (Phi) is 6.15. The molecule has 166 valence electrons. The summed E-state index contributed by atoms with van der Waals surface area (Å²) in [6.45, 7) is 2.59. The number of pyridine rings is 1. The van der Waals surface area contributed by atoms with E-state index in [1.54, 1.807) is 43.3 Å². The second kappa shape index (κ2) is 9.01. The van der Waals surface area contributed by atoms with Gasteiger partial charge in [-0.1, -0.05) is 42.5 Å². The van der Waals surface area contributed by atoms with E-state index in [4.69, 9.17) is 4.74 Å². The first-order valence-electron chi connectivity index (χ1n) is 10.8. The molecule has 2 heterocycles. The van der Waals surface area contributed by atoms with Gasteiger partial charge in [0.1, 0.15) is 11.3 Å². The standard InChI is InChI=1S/C26H28N2O4/c1-19-12-15-28(21-10-6-7-11-22(21)32-2)25(30)23(19)24(29)27-16-13-26(31,14-17-27)18-20-8-4-3-5-9-20/h3-12,15,31H,13-14,16-18H2,1-2H3. The molecule has 2 aromatic carbocycles. The number of hydrogen-bond donors (Lipinski definition) is 1. The van der Waals surface area contributed by atoms with Crippen molar-refractivity contribution in [2.75, 3.05) is 20.2 Å². The molecule has 32 heavy (non-hydrogen) atoms. The van der Waals surface area contributed by atoms with Gasteiger partial charge in [0, 0.05) is 25.7 Å². The molecule has 6 nitrogen and oxygen atoms in total. The summed E-state index contributed by atoms with van der Waals surface area (Å²) in [5.41, 5.74) is 1.24. The fourth-order valence-corrected chi connectivity index (χ4v) is 4.34. The predicted molar refractivity (Wildman–Crippen MR) is 124 cm³/mol. The van der Waals surface area contributed by atoms with Crippen LogP contribution in [0.3, 0.4) is 0 Å². The Labute approximate surface area is 187 Å². The van der Waals surface area contributed by atoms with Gasteiger partial charge in [0.2, 0.25) is 0 Å². The van der Waals surface area contributed by atoms with Gasteiger partial charge in [0.25, 0.3) is 11.5 Å². The smallest absolute Gasteiger partial charge is 0.268 e. The molecule has 1 fully saturated rings. The Bertz CT molecular complexity index is 1160. The summed E-state index contributed by atoms with van der Waals surface area (Å²) in [4.78, 5) is 28.3. The Morgan fingerprint density at radius 1 is 1.03 bits per heavy atom. The Morgan fingerprint density at radius 2 is 1.69 bits per heavy atom. The molecule has 1 aromatic heterocycles. The van der Waals surface area contributed by atoms with Gasteiger partial charge in [-0.3, -0.25) is 14.2 Å². The number of ether oxygens (including phenoxy) is 1. The van der Waals surface area contributed by atoms with E-state index >= 15 is 0 Å². The summed E-state index contributed by atoms with van der Waals surface area (Å²) < 4.78 is 6.84. The number of amides is 1. The topological polar surface area (TPSA) is 71.8 Å². The lowest BCUT2D eigenvalue weighted by Crippen LogP contribution is -2.49. The molecule has 0 saturated carbocycles. The van der Waals surface area contributed by atoms with E-state index in [9.17, 15) is 14.7 Å². The molecule has 0 bridgehead atoms. The Balaban J connectivity index is 1.56. The number of carbonyl (C=O) groups is 1. The lowest BCUT2D eigenvalue weighted by atomic mass is 9.85. The van der Waals surface area contributed by atoms with Gasteiger partial charge in [0.15, 0.2) is 0 Å². The van der Waals surface area contributed by atoms with Crippen LogP contribution in [0.25, 0.3) is 5.69 Å². The van der Waals surface area contributed by atoms with Gasteiger partial charge in [-0.05, 0) is 49.1 Å². The second-order valence-corrected chi connectivity index (χ2v) is 8.40. The van der Waals surface area contributed by atoms with Crippen LogP contribution in [0.4, 0.5) is 0 Å². The number of benzene rings is 2. The summed E-state index contributed by atoms with van der Waals surface area (Å²) in [6.07, 6.45) is 3.17. The number of aromatic nitrogens is 1. The number of aryl methyl sites for hydroxylation is 1. The molecular formula is C26H28N2O4. The number of nitrogens with zero attached hydrogens (tertiary/aromatic N) is 2. The highest BCUT2D eigenvalue weighted by molar-refractivity contribution is 5.95. The number of likely N-dealkylation sites (tertiary alicyclic amines) is 1. The third kappa shape index (κ3) is 4.32. The average Bonchev–Trinajstić information content (AvgIpc) is 2.80. The summed E-state index contributed by atoms with van der Waals surface area (Å²) >= 11 is 0. The van der Waals surface area contributed by atoms with Crippen LogP contribution in [0, 0.1) is 6.92 Å². The van der Waals surface area contributed by atoms with E-state index < -0.39 is 5.60 Å². The first-order valence-corrected chi connectivity index (χ1v) is 10.8. The summed E-state index contributed by atoms with van der Waals surface area (Å²) in [5.74, 6) is 0.263. The fourth-order valence-electron chi connectivity index (χ4n) is 4.34. The number of hydrogen-bond acceptors (Lipinski definition) is 4. The predicted octanol–water partition coefficient (Wildman–Crippen LogP) is 3.36. The van der Waals surface area contributed by atoms with Crippen molar-refractivity contribution < 1.29 is 14.6 Å². The molecule has 1 N–H and O–H groups in total. The third-order valence-electron chi connectivity index (χ3n) is 6.22. The summed E-state index contributed by atoms with van der Waals surface area (Å²) in [7, 11) is 1.55. The Morgan fingerprint density at radius 3 is 2.38 bits per heavy atom. The van der Waals surface area contributed by atoms with Crippen LogP contribution in [-0.4, -0.2) is 46.3 Å². The SMILES string of the molecule is COc1ccccc1-n1ccc(C)c(C(=O)N2CCC(O)(Cc3ccccc3)CC2)c1=O. The first kappa shape index (κ1) is 21.8. The molecule has 0 unspecified atom stereocenters. The van der Waals surface area contributed by atoms with Crippen LogP contribution >= 0.6 is 0 Å². The molecule has 3 aromatic rings. The van der Waals surface area contributed by atoms with E-state index in [2.05, 4.69) is 0 Å². The van der Waals surface area contributed by atoms with Gasteiger partial charge in [0.05, 0.1) is 18.4 Å². The van der Waals surface area contributed by atoms with Crippen molar-refractivity contribution in [1.29, 1.82) is 0 Å². The molecule has 0 spiro atoms. The zero-order valence-corrected chi connectivity index (χ0v) is 18.5. The van der Waals surface area contributed by atoms with Crippen molar-refractivity contribution in [3.63, 3.8) is 0 Å². The van der Waals surface area contributed by atoms with Gasteiger partial charge in [-0.25, -0.2) is 0 Å². The van der Waals surface area contributed by atoms with Gasteiger partial charge < -0.3 is 14.7 Å². The van der Waals surface area contributed by atoms with Crippen LogP contribution < -0.4 is 10.3 Å². The highest BCUT2D eigenvalue weighted by Gasteiger charge is 2.35. The number of aliphatic hydroxyl groups is 1. The van der Waals surface area contributed by atoms with Crippen molar-refractivity contribution in [2.45, 2.75) is 31.8 Å². The quantitative estimate of drug-likeness (QED) is 0.671. The van der Waals surface area contributed by atoms with Crippen LogP contribution in [-0.2, 0) is 6.42 Å². The number of carbonyl (C=O) groups excluding carboxylic acids is 1. The highest BCUT2D eigenvalue weighted by Crippen LogP contribution is 2.27. The van der Waals surface area contributed by atoms with Crippen LogP contribution in [0.5, 0.6) is 5.75 Å². The number of methoxy groups -OCH3 is 1. The van der Waals surface area contributed by atoms with Crippen LogP contribution in [0.2, 0.25) is 0 Å². The summed E-state index contributed by atoms with van der Waals surface area (Å²) in [5, 5.41) is 11.0. The molecule has 1 aliphatic heterocycles. The van der Waals surface area contributed by atoms with Crippen LogP contribution in [0.15, 0.2) is 71.7 Å². The van der Waals surface area contributed by atoms with E-state index in [0.29, 0.717) is 49.4 Å². The molecule has 0 aliphatic carbocycles. The molecule has 1 aliphatic rings. The lowest BCUT2D eigenvalue weighted by Gasteiger charge is -2.38. The number of piperidine rings is 1. The maximum atomic E-state index is 13.3. The first-order chi connectivity index (χ1) is 15.4. The molecule has 1 saturated heterocycles. The minimum atomic E-state index is -0.846. The van der Waals surface area contributed by atoms with Gasteiger partial charge >= 0.3 is 0 Å². The highest BCUT2D eigenvalue weighted by atomic mass is 16.5. The molecule has 1 amide bonds. The minimum Gasteiger partial charge on any atom is -0.495 e. The molecule has 6 heteroatoms. The maximum Gasteiger partial charge on any atom is 0.268 e. The minimum absolute atomic E-state index is 0.159. The van der Waals surface area contributed by atoms with E-state index in [-0.39, 0.29) is 17.0 Å². The van der Waals surface area contributed by atoms with Crippen molar-refractivity contribution in [1.82, 2.24) is 9.47 Å². The summed E-state index contributed by atoms with van der Waals surface area (Å²) in [6, 6.07) is 18.9. The maximum absolute atomic E-state index is 13.3. The van der Waals surface area contributed by atoms with Crippen LogP contribution in [0.1, 0.15) is 34.3 Å². The largest absolute Gasteiger partial charge is 0.495 e. The normalized spacial score (nSPS) is 15.4. The van der Waals surface area contributed by atoms with Gasteiger partial charge in [-0.2, -0.15) is 0 Å². The van der Waals surface area contributed by atoms with E-state index in [0.717, 1.165) is 5.56 Å². The molecule has 0 atom stereocenters. The van der Waals surface area contributed by atoms with E-state index in [1.165, 1.54) is 4.57 Å². The number of para-hydroxylation sites is 2. The zero-order valence-electron chi connectivity index (χ0n) is 18.5. The molecule has 4 rings (SSSR count). The molecular weight excluding hydrogens is 404 g/mol. The van der Waals surface area contributed by atoms with Crippen molar-refractivity contribution in [3.8, 4) is 11.4 Å². The van der Waals surface area contributed by atoms with Gasteiger partial charge in [-0.15, -0.1) is 0 Å². The number of rotatable bonds is 5. The second-order valence-electron chi connectivity index (χ2n) is 8.40. The monoisotopic (exact) mass is 432 g/mol. The third-order valence-corrected chi connectivity index (χ3v) is 6.22.